The van der Waals surface area contributed by atoms with Crippen LogP contribution in [0.2, 0.25) is 0 Å². The van der Waals surface area contributed by atoms with E-state index in [0.717, 1.165) is 19.3 Å². The second-order valence-electron chi connectivity index (χ2n) is 1.39. The molecule has 0 aliphatic carbocycles. The summed E-state index contributed by atoms with van der Waals surface area (Å²) in [5.41, 5.74) is 0. The Hall–Kier alpha value is -0.970. The Kier molecular flexibility index (Phi) is 19.1. The fourth-order valence-corrected chi connectivity index (χ4v) is 0.321. The summed E-state index contributed by atoms with van der Waals surface area (Å²) >= 11 is 0. The molecule has 0 amide bonds. The minimum absolute atomic E-state index is 0.826. The fourth-order valence-electron chi connectivity index (χ4n) is 0.321. The summed E-state index contributed by atoms with van der Waals surface area (Å²) in [6.07, 6.45) is 4.92. The maximum atomic E-state index is 8.00. The molecule has 0 aromatic carbocycles. The van der Waals surface area contributed by atoms with Crippen molar-refractivity contribution in [3.63, 3.8) is 0 Å². The molecule has 0 rings (SSSR count). The lowest BCUT2D eigenvalue weighted by Gasteiger charge is -1.80. The maximum Gasteiger partial charge on any atom is 0.107 e. The number of carbonyl (C=O) groups excluding carboxylic acids is 1. The summed E-state index contributed by atoms with van der Waals surface area (Å²) in [5.74, 6) is 2.55. The monoisotopic (exact) mass is 128 g/mol. The largest absolute Gasteiger partial charge is 0.462 e. The zero-order valence-electron chi connectivity index (χ0n) is 5.68. The Morgan fingerprint density at radius 2 is 2.11 bits per heavy atom. The van der Waals surface area contributed by atoms with Gasteiger partial charge in [0.15, 0.2) is 0 Å². The van der Waals surface area contributed by atoms with Crippen LogP contribution >= 0.6 is 0 Å². The van der Waals surface area contributed by atoms with E-state index in [-0.39, 0.29) is 0 Å². The van der Waals surface area contributed by atoms with Crippen molar-refractivity contribution >= 4 is 6.79 Å². The third-order valence-corrected chi connectivity index (χ3v) is 0.734. The van der Waals surface area contributed by atoms with Gasteiger partial charge < -0.3 is 9.90 Å². The highest BCUT2D eigenvalue weighted by molar-refractivity contribution is 5.10. The minimum atomic E-state index is 0.826. The first-order valence-electron chi connectivity index (χ1n) is 2.82. The molecular weight excluding hydrogens is 116 g/mol. The fraction of sp³-hybridized carbons (Fsp3) is 0.571. The highest BCUT2D eigenvalue weighted by Crippen LogP contribution is 1.89. The third-order valence-electron chi connectivity index (χ3n) is 0.734. The minimum Gasteiger partial charge on any atom is -0.462 e. The predicted octanol–water partition coefficient (Wildman–Crippen LogP) is 1.33. The van der Waals surface area contributed by atoms with Crippen molar-refractivity contribution in [1.29, 1.82) is 0 Å². The highest BCUT2D eigenvalue weighted by atomic mass is 16.2. The van der Waals surface area contributed by atoms with E-state index >= 15 is 0 Å². The number of hydrogen-bond donors (Lipinski definition) is 1. The zero-order chi connectivity index (χ0) is 7.54. The van der Waals surface area contributed by atoms with Crippen LogP contribution in [0.1, 0.15) is 26.2 Å². The molecular formula is C7H12O2. The first-order valence-corrected chi connectivity index (χ1v) is 2.82. The van der Waals surface area contributed by atoms with Crippen LogP contribution < -0.4 is 0 Å². The normalized spacial score (nSPS) is 5.89. The molecule has 1 N–H and O–H groups in total. The second kappa shape index (κ2) is 15.7. The number of aliphatic hydroxyl groups excluding tert-OH is 1. The summed E-state index contributed by atoms with van der Waals surface area (Å²) in [7, 11) is 0. The summed E-state index contributed by atoms with van der Waals surface area (Å²) in [6, 6.07) is 0. The standard InChI is InChI=1S/C6H10O.CH2O/c1-2-3-4-5-6-7;1-2/h7H,2-4H2,1H3;1H2. The molecule has 2 heteroatoms. The molecule has 0 atom stereocenters. The first-order chi connectivity index (χ1) is 4.41. The SMILES string of the molecule is C=O.CCCCC#CO. The molecule has 0 radical (unpaired) electrons. The zero-order valence-corrected chi connectivity index (χ0v) is 5.68. The Morgan fingerprint density at radius 1 is 1.56 bits per heavy atom. The van der Waals surface area contributed by atoms with Gasteiger partial charge in [-0.2, -0.15) is 0 Å². The molecule has 0 aliphatic rings. The average Bonchev–Trinajstić information content (AvgIpc) is 1.94. The van der Waals surface area contributed by atoms with Crippen molar-refractivity contribution in [2.45, 2.75) is 26.2 Å². The molecule has 0 heterocycles. The van der Waals surface area contributed by atoms with Crippen LogP contribution in [0.15, 0.2) is 0 Å². The Morgan fingerprint density at radius 3 is 2.44 bits per heavy atom. The highest BCUT2D eigenvalue weighted by Gasteiger charge is 1.73. The molecule has 0 aromatic rings. The van der Waals surface area contributed by atoms with E-state index in [1.807, 2.05) is 12.9 Å². The van der Waals surface area contributed by atoms with Crippen LogP contribution in [0.5, 0.6) is 0 Å². The quantitative estimate of drug-likeness (QED) is 0.450. The number of aliphatic hydroxyl groups is 1. The van der Waals surface area contributed by atoms with Gasteiger partial charge in [-0.05, 0) is 6.42 Å². The lowest BCUT2D eigenvalue weighted by molar-refractivity contribution is -0.0979. The van der Waals surface area contributed by atoms with E-state index in [1.165, 1.54) is 0 Å². The third kappa shape index (κ3) is 19.4. The second-order valence-corrected chi connectivity index (χ2v) is 1.39. The molecule has 0 fully saturated rings. The van der Waals surface area contributed by atoms with Crippen LogP contribution in [0, 0.1) is 12.0 Å². The number of rotatable bonds is 2. The predicted molar refractivity (Wildman–Crippen MR) is 36.4 cm³/mol. The van der Waals surface area contributed by atoms with Crippen LogP contribution in [-0.4, -0.2) is 11.9 Å². The Balaban J connectivity index is 0. The topological polar surface area (TPSA) is 37.3 Å². The van der Waals surface area contributed by atoms with Crippen LogP contribution in [0.4, 0.5) is 0 Å². The van der Waals surface area contributed by atoms with Gasteiger partial charge in [-0.3, -0.25) is 0 Å². The van der Waals surface area contributed by atoms with Crippen molar-refractivity contribution < 1.29 is 9.90 Å². The summed E-state index contributed by atoms with van der Waals surface area (Å²) < 4.78 is 0. The van der Waals surface area contributed by atoms with Crippen LogP contribution in [-0.2, 0) is 4.79 Å². The van der Waals surface area contributed by atoms with Crippen LogP contribution in [0.3, 0.4) is 0 Å². The molecule has 0 saturated heterocycles. The molecule has 0 bridgehead atoms. The number of carbonyl (C=O) groups is 1. The van der Waals surface area contributed by atoms with Gasteiger partial charge in [-0.25, -0.2) is 0 Å². The van der Waals surface area contributed by atoms with Gasteiger partial charge >= 0.3 is 0 Å². The maximum absolute atomic E-state index is 8.00. The van der Waals surface area contributed by atoms with E-state index in [1.54, 1.807) is 0 Å². The number of unbranched alkanes of at least 4 members (excludes halogenated alkanes) is 2. The van der Waals surface area contributed by atoms with Gasteiger partial charge in [0.1, 0.15) is 12.9 Å². The molecule has 2 nitrogen and oxygen atoms in total. The number of hydrogen-bond acceptors (Lipinski definition) is 2. The molecule has 9 heavy (non-hydrogen) atoms. The summed E-state index contributed by atoms with van der Waals surface area (Å²) in [5, 5.41) is 7.93. The molecule has 0 aliphatic heterocycles. The van der Waals surface area contributed by atoms with Crippen molar-refractivity contribution in [3.05, 3.63) is 0 Å². The Labute approximate surface area is 55.9 Å². The van der Waals surface area contributed by atoms with Gasteiger partial charge in [0.05, 0.1) is 0 Å². The van der Waals surface area contributed by atoms with Gasteiger partial charge in [0.25, 0.3) is 0 Å². The van der Waals surface area contributed by atoms with E-state index < -0.39 is 0 Å². The molecule has 0 unspecified atom stereocenters. The van der Waals surface area contributed by atoms with E-state index in [4.69, 9.17) is 9.90 Å². The van der Waals surface area contributed by atoms with E-state index in [9.17, 15) is 0 Å². The lowest BCUT2D eigenvalue weighted by Crippen LogP contribution is -1.65. The summed E-state index contributed by atoms with van der Waals surface area (Å²) in [4.78, 5) is 8.00. The van der Waals surface area contributed by atoms with Crippen molar-refractivity contribution in [1.82, 2.24) is 0 Å². The molecule has 52 valence electrons. The lowest BCUT2D eigenvalue weighted by atomic mass is 10.3. The average molecular weight is 128 g/mol. The van der Waals surface area contributed by atoms with Gasteiger partial charge in [0, 0.05) is 6.42 Å². The van der Waals surface area contributed by atoms with Crippen LogP contribution in [0.25, 0.3) is 0 Å². The first kappa shape index (κ1) is 10.9. The smallest absolute Gasteiger partial charge is 0.107 e. The van der Waals surface area contributed by atoms with Crippen molar-refractivity contribution in [2.75, 3.05) is 0 Å². The molecule has 0 spiro atoms. The Bertz CT molecular complexity index is 88.8. The van der Waals surface area contributed by atoms with Crippen molar-refractivity contribution in [2.24, 2.45) is 0 Å². The van der Waals surface area contributed by atoms with Gasteiger partial charge in [0.2, 0.25) is 0 Å². The summed E-state index contributed by atoms with van der Waals surface area (Å²) in [6.45, 7) is 4.10. The van der Waals surface area contributed by atoms with E-state index in [2.05, 4.69) is 12.8 Å². The van der Waals surface area contributed by atoms with Gasteiger partial charge in [-0.15, -0.1) is 0 Å². The molecule has 0 saturated carbocycles. The van der Waals surface area contributed by atoms with Gasteiger partial charge in [-0.1, -0.05) is 19.3 Å². The van der Waals surface area contributed by atoms with Crippen molar-refractivity contribution in [3.8, 4) is 12.0 Å². The van der Waals surface area contributed by atoms with E-state index in [0.29, 0.717) is 0 Å². The molecule has 0 aromatic heterocycles.